The van der Waals surface area contributed by atoms with Gasteiger partial charge < -0.3 is 20.4 Å². The number of nitrogens with one attached hydrogen (secondary N) is 2. The zero-order valence-corrected chi connectivity index (χ0v) is 21.7. The van der Waals surface area contributed by atoms with Gasteiger partial charge in [-0.1, -0.05) is 41.9 Å². The maximum absolute atomic E-state index is 13.8. The Morgan fingerprint density at radius 2 is 1.74 bits per heavy atom. The molecule has 3 heterocycles. The van der Waals surface area contributed by atoms with Crippen LogP contribution in [0.1, 0.15) is 30.9 Å². The van der Waals surface area contributed by atoms with E-state index < -0.39 is 0 Å². The first-order valence-electron chi connectivity index (χ1n) is 13.0. The Labute approximate surface area is 214 Å². The molecule has 2 N–H and O–H groups in total. The summed E-state index contributed by atoms with van der Waals surface area (Å²) in [5.74, 6) is 0.519. The van der Waals surface area contributed by atoms with Gasteiger partial charge in [-0.05, 0) is 43.2 Å². The Balaban J connectivity index is 1.24. The zero-order valence-electron chi connectivity index (χ0n) is 20.9. The maximum atomic E-state index is 13.8. The summed E-state index contributed by atoms with van der Waals surface area (Å²) in [6, 6.07) is 17.8. The van der Waals surface area contributed by atoms with Crippen molar-refractivity contribution in [3.05, 3.63) is 64.7 Å². The van der Waals surface area contributed by atoms with E-state index in [1.807, 2.05) is 12.1 Å². The number of hydrogen-bond donors (Lipinski definition) is 2. The molecular weight excluding hydrogens is 458 g/mol. The Morgan fingerprint density at radius 1 is 1.03 bits per heavy atom. The van der Waals surface area contributed by atoms with E-state index in [-0.39, 0.29) is 11.8 Å². The molecule has 2 aromatic carbocycles. The molecule has 6 nitrogen and oxygen atoms in total. The summed E-state index contributed by atoms with van der Waals surface area (Å²) in [4.78, 5) is 20.8. The molecule has 188 valence electrons. The minimum atomic E-state index is -0.00213. The second kappa shape index (κ2) is 10.9. The lowest BCUT2D eigenvalue weighted by atomic mass is 9.88. The fourth-order valence-electron chi connectivity index (χ4n) is 5.61. The van der Waals surface area contributed by atoms with Crippen LogP contribution in [0.15, 0.2) is 48.5 Å². The van der Waals surface area contributed by atoms with Crippen LogP contribution in [0.5, 0.6) is 0 Å². The molecule has 0 aliphatic carbocycles. The van der Waals surface area contributed by atoms with Crippen LogP contribution in [-0.4, -0.2) is 80.1 Å². The summed E-state index contributed by atoms with van der Waals surface area (Å²) >= 11 is 6.14. The van der Waals surface area contributed by atoms with Crippen LogP contribution in [0.3, 0.4) is 0 Å². The van der Waals surface area contributed by atoms with Gasteiger partial charge >= 0.3 is 0 Å². The number of amides is 1. The van der Waals surface area contributed by atoms with Crippen molar-refractivity contribution in [3.8, 4) is 0 Å². The van der Waals surface area contributed by atoms with Gasteiger partial charge in [0.15, 0.2) is 0 Å². The van der Waals surface area contributed by atoms with Gasteiger partial charge in [0.25, 0.3) is 0 Å². The number of hydrogen-bond acceptors (Lipinski definition) is 5. The van der Waals surface area contributed by atoms with Gasteiger partial charge in [0.05, 0.1) is 5.92 Å². The minimum Gasteiger partial charge on any atom is -0.368 e. The third-order valence-electron chi connectivity index (χ3n) is 7.98. The number of anilines is 1. The molecule has 35 heavy (non-hydrogen) atoms. The molecule has 0 bridgehead atoms. The average Bonchev–Trinajstić information content (AvgIpc) is 3.29. The molecule has 7 heteroatoms. The summed E-state index contributed by atoms with van der Waals surface area (Å²) in [5.41, 5.74) is 3.85. The largest absolute Gasteiger partial charge is 0.368 e. The lowest BCUT2D eigenvalue weighted by Gasteiger charge is -2.39. The van der Waals surface area contributed by atoms with Gasteiger partial charge in [-0.25, -0.2) is 0 Å². The molecule has 1 amide bonds. The summed E-state index contributed by atoms with van der Waals surface area (Å²) in [7, 11) is 0. The summed E-state index contributed by atoms with van der Waals surface area (Å²) < 4.78 is 0. The summed E-state index contributed by atoms with van der Waals surface area (Å²) in [5, 5.41) is 7.71. The molecule has 3 aliphatic rings. The third kappa shape index (κ3) is 5.51. The zero-order chi connectivity index (χ0) is 24.4. The van der Waals surface area contributed by atoms with Crippen molar-refractivity contribution in [2.24, 2.45) is 5.92 Å². The predicted octanol–water partition coefficient (Wildman–Crippen LogP) is 3.17. The van der Waals surface area contributed by atoms with Gasteiger partial charge in [-0.15, -0.1) is 0 Å². The topological polar surface area (TPSA) is 50.9 Å². The second-order valence-electron chi connectivity index (χ2n) is 10.5. The SMILES string of the molecule is CC(C)N1C[C@@H](C(=O)N2CCN(c3ccccc3CNC3CNC3)CC2)[C@H](c2ccc(Cl)cc2)C1. The number of likely N-dealkylation sites (tertiary alicyclic amines) is 1. The lowest BCUT2D eigenvalue weighted by Crippen LogP contribution is -2.55. The highest BCUT2D eigenvalue weighted by molar-refractivity contribution is 6.30. The molecular formula is C28H38ClN5O. The van der Waals surface area contributed by atoms with Crippen molar-refractivity contribution >= 4 is 23.2 Å². The first-order chi connectivity index (χ1) is 17.0. The Bertz CT molecular complexity index is 1000. The van der Waals surface area contributed by atoms with Gasteiger partial charge in [-0.3, -0.25) is 9.69 Å². The monoisotopic (exact) mass is 495 g/mol. The van der Waals surface area contributed by atoms with Crippen molar-refractivity contribution in [2.75, 3.05) is 57.3 Å². The number of benzene rings is 2. The fraction of sp³-hybridized carbons (Fsp3) is 0.536. The quantitative estimate of drug-likeness (QED) is 0.618. The van der Waals surface area contributed by atoms with Crippen molar-refractivity contribution in [1.82, 2.24) is 20.4 Å². The number of piperazine rings is 1. The third-order valence-corrected chi connectivity index (χ3v) is 8.23. The highest BCUT2D eigenvalue weighted by Crippen LogP contribution is 2.36. The van der Waals surface area contributed by atoms with E-state index in [0.29, 0.717) is 18.0 Å². The van der Waals surface area contributed by atoms with E-state index in [4.69, 9.17) is 11.6 Å². The van der Waals surface area contributed by atoms with Gasteiger partial charge in [0, 0.05) is 87.6 Å². The highest BCUT2D eigenvalue weighted by atomic mass is 35.5. The molecule has 2 atom stereocenters. The van der Waals surface area contributed by atoms with E-state index in [1.54, 1.807) is 0 Å². The maximum Gasteiger partial charge on any atom is 0.227 e. The predicted molar refractivity (Wildman–Crippen MR) is 143 cm³/mol. The molecule has 5 rings (SSSR count). The lowest BCUT2D eigenvalue weighted by molar-refractivity contribution is -0.135. The fourth-order valence-corrected chi connectivity index (χ4v) is 5.74. The van der Waals surface area contributed by atoms with Crippen LogP contribution in [0.2, 0.25) is 5.02 Å². The van der Waals surface area contributed by atoms with Gasteiger partial charge in [-0.2, -0.15) is 0 Å². The normalized spacial score (nSPS) is 23.7. The molecule has 2 aromatic rings. The van der Waals surface area contributed by atoms with Crippen molar-refractivity contribution in [3.63, 3.8) is 0 Å². The molecule has 0 unspecified atom stereocenters. The van der Waals surface area contributed by atoms with Crippen LogP contribution >= 0.6 is 11.6 Å². The molecule has 0 saturated carbocycles. The number of carbonyl (C=O) groups is 1. The number of rotatable bonds is 7. The van der Waals surface area contributed by atoms with E-state index in [9.17, 15) is 4.79 Å². The Kier molecular flexibility index (Phi) is 7.63. The summed E-state index contributed by atoms with van der Waals surface area (Å²) in [6.07, 6.45) is 0. The Hall–Kier alpha value is -2.12. The van der Waals surface area contributed by atoms with E-state index in [2.05, 4.69) is 75.6 Å². The van der Waals surface area contributed by atoms with E-state index >= 15 is 0 Å². The van der Waals surface area contributed by atoms with Crippen LogP contribution < -0.4 is 15.5 Å². The van der Waals surface area contributed by atoms with Crippen molar-refractivity contribution in [1.29, 1.82) is 0 Å². The first-order valence-corrected chi connectivity index (χ1v) is 13.4. The van der Waals surface area contributed by atoms with Gasteiger partial charge in [0.2, 0.25) is 5.91 Å². The molecule has 3 fully saturated rings. The standard InChI is InChI=1S/C28H38ClN5O/c1-20(2)34-18-25(21-7-9-23(29)10-8-21)26(19-34)28(35)33-13-11-32(12-14-33)27-6-4-3-5-22(27)15-31-24-16-30-17-24/h3-10,20,24-26,30-31H,11-19H2,1-2H3/t25-,26+/m0/s1. The smallest absolute Gasteiger partial charge is 0.227 e. The van der Waals surface area contributed by atoms with Crippen molar-refractivity contribution < 1.29 is 4.79 Å². The van der Waals surface area contributed by atoms with Crippen LogP contribution in [0, 0.1) is 5.92 Å². The number of nitrogens with zero attached hydrogens (tertiary/aromatic N) is 3. The second-order valence-corrected chi connectivity index (χ2v) is 10.9. The first kappa shape index (κ1) is 24.6. The molecule has 0 aromatic heterocycles. The number of para-hydroxylation sites is 1. The molecule has 3 saturated heterocycles. The average molecular weight is 496 g/mol. The van der Waals surface area contributed by atoms with E-state index in [1.165, 1.54) is 16.8 Å². The minimum absolute atomic E-state index is 0.00213. The summed E-state index contributed by atoms with van der Waals surface area (Å²) in [6.45, 7) is 12.5. The van der Waals surface area contributed by atoms with Gasteiger partial charge in [0.1, 0.15) is 0 Å². The molecule has 0 spiro atoms. The number of halogens is 1. The molecule has 0 radical (unpaired) electrons. The highest BCUT2D eigenvalue weighted by Gasteiger charge is 2.41. The van der Waals surface area contributed by atoms with Crippen molar-refractivity contribution in [2.45, 2.75) is 38.4 Å². The van der Waals surface area contributed by atoms with E-state index in [0.717, 1.165) is 63.9 Å². The van der Waals surface area contributed by atoms with Crippen LogP contribution in [0.25, 0.3) is 0 Å². The number of carbonyl (C=O) groups excluding carboxylic acids is 1. The Morgan fingerprint density at radius 3 is 2.40 bits per heavy atom. The van der Waals surface area contributed by atoms with Crippen LogP contribution in [0.4, 0.5) is 5.69 Å². The molecule has 3 aliphatic heterocycles. The van der Waals surface area contributed by atoms with Crippen LogP contribution in [-0.2, 0) is 11.3 Å².